The Morgan fingerprint density at radius 2 is 2.14 bits per heavy atom. The lowest BCUT2D eigenvalue weighted by Gasteiger charge is -2.23. The van der Waals surface area contributed by atoms with Crippen LogP contribution in [-0.2, 0) is 14.3 Å². The van der Waals surface area contributed by atoms with Crippen molar-refractivity contribution in [3.8, 4) is 0 Å². The Hall–Kier alpha value is -0.610. The minimum atomic E-state index is -0.246. The van der Waals surface area contributed by atoms with Gasteiger partial charge in [0.25, 0.3) is 0 Å². The number of hydrogen-bond donors (Lipinski definition) is 1. The monoisotopic (exact) mass is 199 g/mol. The lowest BCUT2D eigenvalue weighted by Crippen LogP contribution is -2.47. The molecule has 2 aliphatic rings. The van der Waals surface area contributed by atoms with Crippen LogP contribution in [0.1, 0.15) is 25.7 Å². The quantitative estimate of drug-likeness (QED) is 0.656. The molecule has 1 saturated heterocycles. The standard InChI is InChI=1S/C10H17NO3/c12-10(9-7-13-6-5-11-9)14-8-3-1-2-4-8/h8-9,11H,1-7H2. The number of carbonyl (C=O) groups excluding carboxylic acids is 1. The second kappa shape index (κ2) is 4.75. The summed E-state index contributed by atoms with van der Waals surface area (Å²) in [4.78, 5) is 11.6. The van der Waals surface area contributed by atoms with Crippen molar-refractivity contribution < 1.29 is 14.3 Å². The highest BCUT2D eigenvalue weighted by Gasteiger charge is 2.26. The van der Waals surface area contributed by atoms with E-state index in [9.17, 15) is 4.79 Å². The summed E-state index contributed by atoms with van der Waals surface area (Å²) in [6.45, 7) is 1.88. The first-order valence-electron chi connectivity index (χ1n) is 5.38. The molecule has 4 heteroatoms. The Morgan fingerprint density at radius 1 is 1.36 bits per heavy atom. The molecule has 0 aromatic heterocycles. The van der Waals surface area contributed by atoms with Gasteiger partial charge in [-0.2, -0.15) is 0 Å². The first kappa shape index (κ1) is 9.93. The summed E-state index contributed by atoms with van der Waals surface area (Å²) in [5.74, 6) is -0.142. The predicted octanol–water partition coefficient (Wildman–Crippen LogP) is 0.461. The molecule has 0 bridgehead atoms. The van der Waals surface area contributed by atoms with Gasteiger partial charge < -0.3 is 14.8 Å². The second-order valence-electron chi connectivity index (χ2n) is 3.92. The SMILES string of the molecule is O=C(OC1CCCC1)C1COCCN1. The first-order chi connectivity index (χ1) is 6.86. The van der Waals surface area contributed by atoms with Crippen molar-refractivity contribution in [3.05, 3.63) is 0 Å². The maximum Gasteiger partial charge on any atom is 0.325 e. The lowest BCUT2D eigenvalue weighted by atomic mass is 10.2. The number of rotatable bonds is 2. The Morgan fingerprint density at radius 3 is 2.79 bits per heavy atom. The minimum Gasteiger partial charge on any atom is -0.461 e. The third-order valence-electron chi connectivity index (χ3n) is 2.79. The fourth-order valence-electron chi connectivity index (χ4n) is 1.97. The second-order valence-corrected chi connectivity index (χ2v) is 3.92. The Kier molecular flexibility index (Phi) is 3.37. The van der Waals surface area contributed by atoms with Crippen molar-refractivity contribution in [1.29, 1.82) is 0 Å². The number of carbonyl (C=O) groups is 1. The van der Waals surface area contributed by atoms with Crippen LogP contribution in [-0.4, -0.2) is 37.9 Å². The van der Waals surface area contributed by atoms with E-state index in [4.69, 9.17) is 9.47 Å². The van der Waals surface area contributed by atoms with Gasteiger partial charge in [-0.25, -0.2) is 0 Å². The summed E-state index contributed by atoms with van der Waals surface area (Å²) < 4.78 is 10.6. The van der Waals surface area contributed by atoms with Gasteiger partial charge in [-0.15, -0.1) is 0 Å². The average molecular weight is 199 g/mol. The number of nitrogens with one attached hydrogen (secondary N) is 1. The van der Waals surface area contributed by atoms with Crippen LogP contribution in [0, 0.1) is 0 Å². The summed E-state index contributed by atoms with van der Waals surface area (Å²) in [5, 5.41) is 3.09. The van der Waals surface area contributed by atoms with Crippen LogP contribution in [0.2, 0.25) is 0 Å². The van der Waals surface area contributed by atoms with E-state index in [1.165, 1.54) is 12.8 Å². The molecule has 1 aliphatic heterocycles. The zero-order valence-corrected chi connectivity index (χ0v) is 8.33. The van der Waals surface area contributed by atoms with Crippen molar-refractivity contribution in [3.63, 3.8) is 0 Å². The molecule has 80 valence electrons. The summed E-state index contributed by atoms with van der Waals surface area (Å²) >= 11 is 0. The summed E-state index contributed by atoms with van der Waals surface area (Å²) in [6.07, 6.45) is 4.59. The molecule has 4 nitrogen and oxygen atoms in total. The van der Waals surface area contributed by atoms with Crippen molar-refractivity contribution in [1.82, 2.24) is 5.32 Å². The topological polar surface area (TPSA) is 47.6 Å². The van der Waals surface area contributed by atoms with Crippen LogP contribution < -0.4 is 5.32 Å². The van der Waals surface area contributed by atoms with Gasteiger partial charge in [-0.05, 0) is 25.7 Å². The van der Waals surface area contributed by atoms with Gasteiger partial charge in [0.2, 0.25) is 0 Å². The fourth-order valence-corrected chi connectivity index (χ4v) is 1.97. The molecule has 1 heterocycles. The smallest absolute Gasteiger partial charge is 0.325 e. The van der Waals surface area contributed by atoms with E-state index in [1.54, 1.807) is 0 Å². The molecule has 1 N–H and O–H groups in total. The van der Waals surface area contributed by atoms with E-state index >= 15 is 0 Å². The van der Waals surface area contributed by atoms with Gasteiger partial charge in [0.05, 0.1) is 13.2 Å². The predicted molar refractivity (Wildman–Crippen MR) is 51.0 cm³/mol. The summed E-state index contributed by atoms with van der Waals surface area (Å²) in [5.41, 5.74) is 0. The summed E-state index contributed by atoms with van der Waals surface area (Å²) in [7, 11) is 0. The third-order valence-corrected chi connectivity index (χ3v) is 2.79. The normalized spacial score (nSPS) is 29.0. The van der Waals surface area contributed by atoms with Crippen LogP contribution in [0.3, 0.4) is 0 Å². The van der Waals surface area contributed by atoms with Crippen molar-refractivity contribution in [2.24, 2.45) is 0 Å². The van der Waals surface area contributed by atoms with Crippen molar-refractivity contribution >= 4 is 5.97 Å². The minimum absolute atomic E-state index is 0.142. The molecule has 2 rings (SSSR count). The molecule has 1 saturated carbocycles. The zero-order chi connectivity index (χ0) is 9.80. The zero-order valence-electron chi connectivity index (χ0n) is 8.33. The molecule has 0 amide bonds. The molecule has 0 radical (unpaired) electrons. The molecule has 14 heavy (non-hydrogen) atoms. The molecule has 1 unspecified atom stereocenters. The molecule has 0 aromatic rings. The highest BCUT2D eigenvalue weighted by atomic mass is 16.5. The number of ether oxygens (including phenoxy) is 2. The Bertz CT molecular complexity index is 196. The van der Waals surface area contributed by atoms with Gasteiger partial charge in [0.15, 0.2) is 0 Å². The van der Waals surface area contributed by atoms with Gasteiger partial charge in [0.1, 0.15) is 12.1 Å². The third kappa shape index (κ3) is 2.45. The lowest BCUT2D eigenvalue weighted by molar-refractivity contribution is -0.154. The molecule has 2 fully saturated rings. The van der Waals surface area contributed by atoms with Crippen LogP contribution >= 0.6 is 0 Å². The number of esters is 1. The van der Waals surface area contributed by atoms with E-state index < -0.39 is 0 Å². The molecule has 1 aliphatic carbocycles. The molecular weight excluding hydrogens is 182 g/mol. The van der Waals surface area contributed by atoms with E-state index in [0.29, 0.717) is 13.2 Å². The molecule has 0 aromatic carbocycles. The number of morpholine rings is 1. The van der Waals surface area contributed by atoms with Crippen LogP contribution in [0.5, 0.6) is 0 Å². The van der Waals surface area contributed by atoms with Crippen LogP contribution in [0.4, 0.5) is 0 Å². The number of hydrogen-bond acceptors (Lipinski definition) is 4. The van der Waals surface area contributed by atoms with E-state index in [1.807, 2.05) is 0 Å². The van der Waals surface area contributed by atoms with Gasteiger partial charge in [0, 0.05) is 6.54 Å². The summed E-state index contributed by atoms with van der Waals surface area (Å²) in [6, 6.07) is -0.246. The van der Waals surface area contributed by atoms with Gasteiger partial charge >= 0.3 is 5.97 Å². The highest BCUT2D eigenvalue weighted by molar-refractivity contribution is 5.76. The first-order valence-corrected chi connectivity index (χ1v) is 5.38. The maximum atomic E-state index is 11.6. The van der Waals surface area contributed by atoms with E-state index in [2.05, 4.69) is 5.32 Å². The molecule has 0 spiro atoms. The maximum absolute atomic E-state index is 11.6. The van der Waals surface area contributed by atoms with E-state index in [0.717, 1.165) is 19.4 Å². The van der Waals surface area contributed by atoms with Crippen molar-refractivity contribution in [2.75, 3.05) is 19.8 Å². The van der Waals surface area contributed by atoms with Crippen LogP contribution in [0.25, 0.3) is 0 Å². The van der Waals surface area contributed by atoms with Crippen LogP contribution in [0.15, 0.2) is 0 Å². The fraction of sp³-hybridized carbons (Fsp3) is 0.900. The van der Waals surface area contributed by atoms with Gasteiger partial charge in [-0.3, -0.25) is 4.79 Å². The highest BCUT2D eigenvalue weighted by Crippen LogP contribution is 2.21. The van der Waals surface area contributed by atoms with Crippen molar-refractivity contribution in [2.45, 2.75) is 37.8 Å². The Balaban J connectivity index is 1.75. The Labute approximate surface area is 84.0 Å². The largest absolute Gasteiger partial charge is 0.461 e. The van der Waals surface area contributed by atoms with E-state index in [-0.39, 0.29) is 18.1 Å². The average Bonchev–Trinajstić information content (AvgIpc) is 2.72. The molecule has 1 atom stereocenters. The van der Waals surface area contributed by atoms with Gasteiger partial charge in [-0.1, -0.05) is 0 Å². The molecular formula is C10H17NO3.